The molecule has 2 nitrogen and oxygen atoms in total. The molecule has 0 radical (unpaired) electrons. The standard InChI is InChI=1S/C15H12BrNO/c1-18-14-7-3-5-11-9-13(17-15(11)14)10-4-2-6-12(16)8-10/h2-9,17H,1H3. The Hall–Kier alpha value is -1.74. The molecule has 1 heterocycles. The van der Waals surface area contributed by atoms with E-state index in [9.17, 15) is 0 Å². The molecule has 0 aliphatic rings. The predicted octanol–water partition coefficient (Wildman–Crippen LogP) is 4.61. The van der Waals surface area contributed by atoms with Gasteiger partial charge in [-0.05, 0) is 29.8 Å². The molecule has 0 saturated heterocycles. The lowest BCUT2D eigenvalue weighted by molar-refractivity contribution is 0.419. The lowest BCUT2D eigenvalue weighted by Gasteiger charge is -2.00. The molecule has 1 N–H and O–H groups in total. The average molecular weight is 302 g/mol. The maximum Gasteiger partial charge on any atom is 0.142 e. The molecule has 3 heteroatoms. The topological polar surface area (TPSA) is 25.0 Å². The van der Waals surface area contributed by atoms with Crippen LogP contribution in [0.3, 0.4) is 0 Å². The number of H-pyrrole nitrogens is 1. The summed E-state index contributed by atoms with van der Waals surface area (Å²) in [7, 11) is 1.69. The number of halogens is 1. The molecule has 0 amide bonds. The summed E-state index contributed by atoms with van der Waals surface area (Å²) in [6.07, 6.45) is 0. The fourth-order valence-corrected chi connectivity index (χ4v) is 2.51. The van der Waals surface area contributed by atoms with E-state index in [-0.39, 0.29) is 0 Å². The van der Waals surface area contributed by atoms with E-state index in [1.165, 1.54) is 0 Å². The fourth-order valence-electron chi connectivity index (χ4n) is 2.11. The molecule has 0 spiro atoms. The third-order valence-electron chi connectivity index (χ3n) is 2.97. The second kappa shape index (κ2) is 4.50. The number of aromatic nitrogens is 1. The first kappa shape index (κ1) is 11.4. The summed E-state index contributed by atoms with van der Waals surface area (Å²) in [6, 6.07) is 16.4. The Bertz CT molecular complexity index is 703. The second-order valence-electron chi connectivity index (χ2n) is 4.12. The van der Waals surface area contributed by atoms with Crippen LogP contribution in [0.15, 0.2) is 53.0 Å². The van der Waals surface area contributed by atoms with Gasteiger partial charge in [-0.2, -0.15) is 0 Å². The molecule has 0 unspecified atom stereocenters. The average Bonchev–Trinajstić information content (AvgIpc) is 2.82. The summed E-state index contributed by atoms with van der Waals surface area (Å²) in [6.45, 7) is 0. The van der Waals surface area contributed by atoms with Crippen LogP contribution >= 0.6 is 15.9 Å². The summed E-state index contributed by atoms with van der Waals surface area (Å²) >= 11 is 3.49. The number of rotatable bonds is 2. The molecule has 0 atom stereocenters. The van der Waals surface area contributed by atoms with Crippen LogP contribution in [-0.2, 0) is 0 Å². The molecule has 2 aromatic carbocycles. The zero-order valence-corrected chi connectivity index (χ0v) is 11.5. The predicted molar refractivity (Wildman–Crippen MR) is 78.0 cm³/mol. The number of nitrogens with one attached hydrogen (secondary N) is 1. The number of benzene rings is 2. The Morgan fingerprint density at radius 3 is 2.67 bits per heavy atom. The maximum absolute atomic E-state index is 5.36. The van der Waals surface area contributed by atoms with Crippen molar-refractivity contribution in [1.82, 2.24) is 4.98 Å². The van der Waals surface area contributed by atoms with Gasteiger partial charge in [0, 0.05) is 15.6 Å². The van der Waals surface area contributed by atoms with Crippen molar-refractivity contribution in [1.29, 1.82) is 0 Å². The molecule has 90 valence electrons. The molecule has 18 heavy (non-hydrogen) atoms. The molecular weight excluding hydrogens is 290 g/mol. The van der Waals surface area contributed by atoms with Crippen LogP contribution in [-0.4, -0.2) is 12.1 Å². The summed E-state index contributed by atoms with van der Waals surface area (Å²) in [5.41, 5.74) is 3.29. The number of methoxy groups -OCH3 is 1. The lowest BCUT2D eigenvalue weighted by Crippen LogP contribution is -1.83. The van der Waals surface area contributed by atoms with Gasteiger partial charge in [-0.1, -0.05) is 40.2 Å². The van der Waals surface area contributed by atoms with Crippen LogP contribution < -0.4 is 4.74 Å². The first-order valence-electron chi connectivity index (χ1n) is 5.69. The molecule has 3 aromatic rings. The summed E-state index contributed by atoms with van der Waals surface area (Å²) in [4.78, 5) is 3.41. The van der Waals surface area contributed by atoms with Gasteiger partial charge in [-0.15, -0.1) is 0 Å². The van der Waals surface area contributed by atoms with Crippen LogP contribution in [0.1, 0.15) is 0 Å². The monoisotopic (exact) mass is 301 g/mol. The van der Waals surface area contributed by atoms with Gasteiger partial charge >= 0.3 is 0 Å². The van der Waals surface area contributed by atoms with Crippen LogP contribution in [0.4, 0.5) is 0 Å². The highest BCUT2D eigenvalue weighted by Gasteiger charge is 2.07. The van der Waals surface area contributed by atoms with Crippen LogP contribution in [0, 0.1) is 0 Å². The zero-order chi connectivity index (χ0) is 12.5. The smallest absolute Gasteiger partial charge is 0.142 e. The highest BCUT2D eigenvalue weighted by atomic mass is 79.9. The number of fused-ring (bicyclic) bond motifs is 1. The van der Waals surface area contributed by atoms with Crippen LogP contribution in [0.2, 0.25) is 0 Å². The zero-order valence-electron chi connectivity index (χ0n) is 9.91. The minimum absolute atomic E-state index is 0.869. The van der Waals surface area contributed by atoms with E-state index >= 15 is 0 Å². The van der Waals surface area contributed by atoms with E-state index < -0.39 is 0 Å². The summed E-state index contributed by atoms with van der Waals surface area (Å²) < 4.78 is 6.43. The maximum atomic E-state index is 5.36. The third-order valence-corrected chi connectivity index (χ3v) is 3.47. The SMILES string of the molecule is COc1cccc2cc(-c3cccc(Br)c3)[nH]c12. The highest BCUT2D eigenvalue weighted by Crippen LogP contribution is 2.30. The lowest BCUT2D eigenvalue weighted by atomic mass is 10.1. The van der Waals surface area contributed by atoms with E-state index in [4.69, 9.17) is 4.74 Å². The van der Waals surface area contributed by atoms with Crippen molar-refractivity contribution in [3.8, 4) is 17.0 Å². The summed E-state index contributed by atoms with van der Waals surface area (Å²) in [5, 5.41) is 1.16. The van der Waals surface area contributed by atoms with Crippen LogP contribution in [0.25, 0.3) is 22.2 Å². The quantitative estimate of drug-likeness (QED) is 0.735. The van der Waals surface area contributed by atoms with Crippen molar-refractivity contribution in [2.24, 2.45) is 0 Å². The normalized spacial score (nSPS) is 10.8. The molecule has 0 fully saturated rings. The number of hydrogen-bond donors (Lipinski definition) is 1. The van der Waals surface area contributed by atoms with Crippen LogP contribution in [0.5, 0.6) is 5.75 Å². The van der Waals surface area contributed by atoms with Crippen molar-refractivity contribution >= 4 is 26.8 Å². The Morgan fingerprint density at radius 2 is 1.89 bits per heavy atom. The van der Waals surface area contributed by atoms with E-state index in [1.54, 1.807) is 7.11 Å². The van der Waals surface area contributed by atoms with Gasteiger partial charge in [0.1, 0.15) is 5.75 Å². The number of para-hydroxylation sites is 1. The Morgan fingerprint density at radius 1 is 1.06 bits per heavy atom. The first-order valence-corrected chi connectivity index (χ1v) is 6.49. The Kier molecular flexibility index (Phi) is 2.84. The van der Waals surface area contributed by atoms with Gasteiger partial charge in [0.2, 0.25) is 0 Å². The Balaban J connectivity index is 2.19. The molecule has 3 rings (SSSR count). The minimum atomic E-state index is 0.869. The van der Waals surface area contributed by atoms with Gasteiger partial charge in [0.25, 0.3) is 0 Å². The molecule has 1 aromatic heterocycles. The Labute approximate surface area is 114 Å². The molecular formula is C15H12BrNO. The largest absolute Gasteiger partial charge is 0.495 e. The number of ether oxygens (including phenoxy) is 1. The van der Waals surface area contributed by atoms with Gasteiger partial charge in [-0.3, -0.25) is 0 Å². The molecule has 0 bridgehead atoms. The van der Waals surface area contributed by atoms with E-state index in [2.05, 4.69) is 45.2 Å². The minimum Gasteiger partial charge on any atom is -0.495 e. The van der Waals surface area contributed by atoms with Crippen molar-refractivity contribution in [3.63, 3.8) is 0 Å². The second-order valence-corrected chi connectivity index (χ2v) is 5.03. The van der Waals surface area contributed by atoms with E-state index in [1.807, 2.05) is 24.3 Å². The van der Waals surface area contributed by atoms with Gasteiger partial charge in [0.05, 0.1) is 12.6 Å². The van der Waals surface area contributed by atoms with Gasteiger partial charge in [-0.25, -0.2) is 0 Å². The van der Waals surface area contributed by atoms with Crippen molar-refractivity contribution in [2.45, 2.75) is 0 Å². The van der Waals surface area contributed by atoms with Crippen molar-refractivity contribution in [3.05, 3.63) is 53.0 Å². The van der Waals surface area contributed by atoms with Crippen molar-refractivity contribution in [2.75, 3.05) is 7.11 Å². The molecule has 0 saturated carbocycles. The van der Waals surface area contributed by atoms with Gasteiger partial charge in [0.15, 0.2) is 0 Å². The number of aromatic amines is 1. The van der Waals surface area contributed by atoms with Crippen molar-refractivity contribution < 1.29 is 4.74 Å². The highest BCUT2D eigenvalue weighted by molar-refractivity contribution is 9.10. The van der Waals surface area contributed by atoms with E-state index in [0.717, 1.165) is 32.4 Å². The fraction of sp³-hybridized carbons (Fsp3) is 0.0667. The van der Waals surface area contributed by atoms with E-state index in [0.29, 0.717) is 0 Å². The third kappa shape index (κ3) is 1.91. The van der Waals surface area contributed by atoms with Gasteiger partial charge < -0.3 is 9.72 Å². The number of hydrogen-bond acceptors (Lipinski definition) is 1. The summed E-state index contributed by atoms with van der Waals surface area (Å²) in [5.74, 6) is 0.869. The molecule has 0 aliphatic heterocycles. The first-order chi connectivity index (χ1) is 8.78. The molecule has 0 aliphatic carbocycles.